The third-order valence-electron chi connectivity index (χ3n) is 7.50. The molecule has 0 radical (unpaired) electrons. The minimum atomic E-state index is -2.73. The van der Waals surface area contributed by atoms with Crippen LogP contribution in [0.15, 0.2) is 85.0 Å². The fourth-order valence-electron chi connectivity index (χ4n) is 6.02. The molecule has 2 aliphatic heterocycles. The minimum Gasteiger partial charge on any atom is -0.405 e. The van der Waals surface area contributed by atoms with Gasteiger partial charge in [-0.15, -0.1) is 6.58 Å². The van der Waals surface area contributed by atoms with Crippen molar-refractivity contribution < 1.29 is 23.4 Å². The molecule has 0 amide bonds. The summed E-state index contributed by atoms with van der Waals surface area (Å²) in [5.41, 5.74) is 1.05. The molecule has 35 heavy (non-hydrogen) atoms. The quantitative estimate of drug-likeness (QED) is 0.418. The molecule has 0 bridgehead atoms. The molecule has 0 unspecified atom stereocenters. The van der Waals surface area contributed by atoms with Crippen molar-refractivity contribution in [3.05, 3.63) is 85.0 Å². The highest BCUT2D eigenvalue weighted by atomic mass is 28.4. The molecular weight excluding hydrogens is 456 g/mol. The third kappa shape index (κ3) is 4.17. The molecule has 2 fully saturated rings. The Morgan fingerprint density at radius 3 is 2.23 bits per heavy atom. The number of allylic oxidation sites excluding steroid dienone is 1. The second-order valence-electron chi connectivity index (χ2n) is 10.6. The van der Waals surface area contributed by atoms with Crippen molar-refractivity contribution in [2.45, 2.75) is 44.3 Å². The number of ketones is 1. The molecule has 6 heteroatoms. The van der Waals surface area contributed by atoms with Crippen LogP contribution in [0.5, 0.6) is 0 Å². The van der Waals surface area contributed by atoms with E-state index in [1.54, 1.807) is 12.2 Å². The first-order valence-corrected chi connectivity index (χ1v) is 14.3. The van der Waals surface area contributed by atoms with E-state index in [4.69, 9.17) is 18.6 Å². The van der Waals surface area contributed by atoms with Crippen molar-refractivity contribution in [3.63, 3.8) is 0 Å². The Hall–Kier alpha value is -2.35. The zero-order chi connectivity index (χ0) is 24.6. The number of carbonyl (C=O) groups is 1. The topological polar surface area (TPSA) is 54.0 Å². The van der Waals surface area contributed by atoms with Crippen LogP contribution in [0.25, 0.3) is 0 Å². The van der Waals surface area contributed by atoms with Crippen molar-refractivity contribution >= 4 is 24.5 Å². The molecule has 0 aromatic heterocycles. The van der Waals surface area contributed by atoms with Gasteiger partial charge in [0.2, 0.25) is 0 Å². The summed E-state index contributed by atoms with van der Waals surface area (Å²) in [6.45, 7) is 11.7. The second kappa shape index (κ2) is 9.60. The monoisotopic (exact) mass is 490 g/mol. The molecule has 2 aromatic carbocycles. The SMILES string of the molecule is C=CCO[C@H]1O[C@H](CO[Si](c2ccccc2)(c2ccccc2)C(C)(C)C)[C@H]2OCC3=CC(=O)[C@@H]1[C@H]32. The van der Waals surface area contributed by atoms with Gasteiger partial charge < -0.3 is 18.6 Å². The van der Waals surface area contributed by atoms with Gasteiger partial charge in [0.05, 0.1) is 31.8 Å². The van der Waals surface area contributed by atoms with E-state index in [0.29, 0.717) is 19.8 Å². The molecule has 3 aliphatic rings. The lowest BCUT2D eigenvalue weighted by Crippen LogP contribution is -2.67. The van der Waals surface area contributed by atoms with Gasteiger partial charge in [-0.2, -0.15) is 0 Å². The number of ether oxygens (including phenoxy) is 3. The number of benzene rings is 2. The van der Waals surface area contributed by atoms with Crippen LogP contribution in [0.3, 0.4) is 0 Å². The normalized spacial score (nSPS) is 28.0. The Labute approximate surface area is 208 Å². The van der Waals surface area contributed by atoms with Gasteiger partial charge in [0.15, 0.2) is 12.1 Å². The number of hydrogen-bond acceptors (Lipinski definition) is 5. The molecule has 2 saturated heterocycles. The lowest BCUT2D eigenvalue weighted by molar-refractivity contribution is -0.253. The van der Waals surface area contributed by atoms with Crippen LogP contribution in [0.4, 0.5) is 0 Å². The van der Waals surface area contributed by atoms with Crippen molar-refractivity contribution in [3.8, 4) is 0 Å². The number of hydrogen-bond donors (Lipinski definition) is 0. The molecule has 2 aromatic rings. The summed E-state index contributed by atoms with van der Waals surface area (Å²) < 4.78 is 25.7. The lowest BCUT2D eigenvalue weighted by Gasteiger charge is -2.46. The minimum absolute atomic E-state index is 0.0150. The average molecular weight is 491 g/mol. The molecule has 0 saturated carbocycles. The molecule has 184 valence electrons. The predicted octanol–water partition coefficient (Wildman–Crippen LogP) is 3.63. The van der Waals surface area contributed by atoms with Crippen LogP contribution in [0, 0.1) is 11.8 Å². The van der Waals surface area contributed by atoms with Crippen molar-refractivity contribution in [2.24, 2.45) is 11.8 Å². The Balaban J connectivity index is 1.50. The van der Waals surface area contributed by atoms with E-state index in [-0.39, 0.29) is 34.9 Å². The first-order valence-electron chi connectivity index (χ1n) is 12.4. The fraction of sp³-hybridized carbons (Fsp3) is 0.414. The summed E-state index contributed by atoms with van der Waals surface area (Å²) in [7, 11) is -2.73. The van der Waals surface area contributed by atoms with Crippen LogP contribution < -0.4 is 10.4 Å². The van der Waals surface area contributed by atoms with Gasteiger partial charge in [-0.05, 0) is 27.1 Å². The van der Waals surface area contributed by atoms with Gasteiger partial charge in [-0.1, -0.05) is 87.5 Å². The maximum atomic E-state index is 12.8. The van der Waals surface area contributed by atoms with E-state index in [9.17, 15) is 4.79 Å². The molecule has 0 spiro atoms. The van der Waals surface area contributed by atoms with Crippen LogP contribution in [0.1, 0.15) is 20.8 Å². The molecular formula is C29H34O5Si. The smallest absolute Gasteiger partial charge is 0.261 e. The molecule has 0 N–H and O–H groups in total. The van der Waals surface area contributed by atoms with E-state index < -0.39 is 14.6 Å². The van der Waals surface area contributed by atoms with Gasteiger partial charge >= 0.3 is 0 Å². The number of rotatable bonds is 8. The van der Waals surface area contributed by atoms with Gasteiger partial charge in [0.25, 0.3) is 8.32 Å². The maximum absolute atomic E-state index is 12.8. The van der Waals surface area contributed by atoms with Gasteiger partial charge in [0.1, 0.15) is 6.10 Å². The van der Waals surface area contributed by atoms with E-state index in [2.05, 4.69) is 75.9 Å². The predicted molar refractivity (Wildman–Crippen MR) is 138 cm³/mol. The maximum Gasteiger partial charge on any atom is 0.261 e. The van der Waals surface area contributed by atoms with Gasteiger partial charge in [-0.3, -0.25) is 4.79 Å². The van der Waals surface area contributed by atoms with Crippen LogP contribution in [0.2, 0.25) is 5.04 Å². The molecule has 2 heterocycles. The number of carbonyl (C=O) groups excluding carboxylic acids is 1. The van der Waals surface area contributed by atoms with E-state index in [0.717, 1.165) is 5.57 Å². The van der Waals surface area contributed by atoms with E-state index >= 15 is 0 Å². The van der Waals surface area contributed by atoms with Crippen molar-refractivity contribution in [1.29, 1.82) is 0 Å². The lowest BCUT2D eigenvalue weighted by atomic mass is 9.82. The highest BCUT2D eigenvalue weighted by Gasteiger charge is 2.58. The van der Waals surface area contributed by atoms with Gasteiger partial charge in [-0.25, -0.2) is 0 Å². The van der Waals surface area contributed by atoms with E-state index in [1.165, 1.54) is 10.4 Å². The zero-order valence-corrected chi connectivity index (χ0v) is 21.7. The Bertz CT molecular complexity index is 1050. The zero-order valence-electron chi connectivity index (χ0n) is 20.7. The summed E-state index contributed by atoms with van der Waals surface area (Å²) in [6.07, 6.45) is 2.21. The first kappa shape index (κ1) is 24.3. The summed E-state index contributed by atoms with van der Waals surface area (Å²) >= 11 is 0. The van der Waals surface area contributed by atoms with Crippen molar-refractivity contribution in [1.82, 2.24) is 0 Å². The highest BCUT2D eigenvalue weighted by Crippen LogP contribution is 2.47. The third-order valence-corrected chi connectivity index (χ3v) is 12.5. The molecule has 5 rings (SSSR count). The highest BCUT2D eigenvalue weighted by molar-refractivity contribution is 6.99. The summed E-state index contributed by atoms with van der Waals surface area (Å²) in [5.74, 6) is -0.306. The summed E-state index contributed by atoms with van der Waals surface area (Å²) in [6, 6.07) is 21.1. The molecule has 5 nitrogen and oxygen atoms in total. The molecule has 1 aliphatic carbocycles. The van der Waals surface area contributed by atoms with Crippen LogP contribution >= 0.6 is 0 Å². The Morgan fingerprint density at radius 2 is 1.66 bits per heavy atom. The Morgan fingerprint density at radius 1 is 1.03 bits per heavy atom. The average Bonchev–Trinajstić information content (AvgIpc) is 3.41. The van der Waals surface area contributed by atoms with Crippen molar-refractivity contribution in [2.75, 3.05) is 19.8 Å². The second-order valence-corrected chi connectivity index (χ2v) is 14.9. The fourth-order valence-corrected chi connectivity index (χ4v) is 10.6. The summed E-state index contributed by atoms with van der Waals surface area (Å²) in [4.78, 5) is 12.8. The van der Waals surface area contributed by atoms with Gasteiger partial charge in [0, 0.05) is 5.92 Å². The Kier molecular flexibility index (Phi) is 6.68. The molecule has 5 atom stereocenters. The van der Waals surface area contributed by atoms with Crippen LogP contribution in [-0.2, 0) is 23.4 Å². The standard InChI is InChI=1S/C29H34O5Si/c1-5-16-31-28-26-23(30)17-20-18-32-27(25(20)26)24(34-28)19-33-35(29(2,3)4,21-12-8-6-9-13-21)22-14-10-7-11-15-22/h5-15,17,24-28H,1,16,18-19H2,2-4H3/t24-,25+,26-,27-,28+/m1/s1. The van der Waals surface area contributed by atoms with E-state index in [1.807, 2.05) is 12.1 Å². The van der Waals surface area contributed by atoms with Crippen LogP contribution in [-0.4, -0.2) is 52.4 Å². The largest absolute Gasteiger partial charge is 0.405 e. The summed E-state index contributed by atoms with van der Waals surface area (Å²) in [5, 5.41) is 2.29. The first-order chi connectivity index (χ1) is 16.9.